The number of carbonyl (C=O) groups is 2. The Balaban J connectivity index is 1.68. The van der Waals surface area contributed by atoms with Gasteiger partial charge in [0.15, 0.2) is 6.29 Å². The normalized spacial score (nSPS) is 17.4. The molecular formula is C20H21NO4. The highest BCUT2D eigenvalue weighted by atomic mass is 16.5. The minimum absolute atomic E-state index is 0.0700. The van der Waals surface area contributed by atoms with E-state index in [0.717, 1.165) is 18.5 Å². The second-order valence-corrected chi connectivity index (χ2v) is 6.09. The predicted octanol–water partition coefficient (Wildman–Crippen LogP) is 3.56. The number of phenols is 1. The monoisotopic (exact) mass is 339 g/mol. The lowest BCUT2D eigenvalue weighted by Gasteiger charge is -2.35. The molecule has 5 heteroatoms. The van der Waals surface area contributed by atoms with E-state index in [0.29, 0.717) is 31.5 Å². The molecule has 2 aromatic rings. The maximum absolute atomic E-state index is 12.4. The molecule has 0 spiro atoms. The van der Waals surface area contributed by atoms with Gasteiger partial charge in [-0.1, -0.05) is 24.3 Å². The van der Waals surface area contributed by atoms with Crippen LogP contribution in [0, 0.1) is 0 Å². The number of benzene rings is 2. The lowest BCUT2D eigenvalue weighted by atomic mass is 9.98. The molecule has 1 saturated heterocycles. The van der Waals surface area contributed by atoms with Crippen LogP contribution >= 0.6 is 0 Å². The third-order valence-electron chi connectivity index (χ3n) is 4.47. The van der Waals surface area contributed by atoms with Gasteiger partial charge in [0.25, 0.3) is 0 Å². The molecule has 1 aliphatic rings. The molecule has 2 aromatic carbocycles. The highest BCUT2D eigenvalue weighted by Gasteiger charge is 2.29. The van der Waals surface area contributed by atoms with Crippen LogP contribution in [0.25, 0.3) is 0 Å². The quantitative estimate of drug-likeness (QED) is 0.817. The maximum Gasteiger partial charge on any atom is 0.227 e. The second-order valence-electron chi connectivity index (χ2n) is 6.09. The summed E-state index contributed by atoms with van der Waals surface area (Å²) in [6, 6.07) is 14.5. The first-order valence-corrected chi connectivity index (χ1v) is 8.48. The Labute approximate surface area is 146 Å². The van der Waals surface area contributed by atoms with E-state index in [1.54, 1.807) is 12.1 Å². The number of para-hydroxylation sites is 1. The van der Waals surface area contributed by atoms with Crippen molar-refractivity contribution in [2.24, 2.45) is 0 Å². The number of hydrogen-bond donors (Lipinski definition) is 1. The van der Waals surface area contributed by atoms with Crippen LogP contribution in [0.5, 0.6) is 11.5 Å². The summed E-state index contributed by atoms with van der Waals surface area (Å²) >= 11 is 0. The smallest absolute Gasteiger partial charge is 0.227 e. The number of ether oxygens (including phenoxy) is 1. The fourth-order valence-electron chi connectivity index (χ4n) is 3.24. The Morgan fingerprint density at radius 2 is 1.96 bits per heavy atom. The van der Waals surface area contributed by atoms with Gasteiger partial charge in [-0.25, -0.2) is 0 Å². The van der Waals surface area contributed by atoms with Crippen LogP contribution in [0.2, 0.25) is 0 Å². The van der Waals surface area contributed by atoms with Crippen molar-refractivity contribution in [3.05, 3.63) is 54.1 Å². The van der Waals surface area contributed by atoms with E-state index in [4.69, 9.17) is 4.74 Å². The van der Waals surface area contributed by atoms with E-state index in [1.807, 2.05) is 35.2 Å². The number of rotatable bonds is 6. The van der Waals surface area contributed by atoms with Crippen molar-refractivity contribution in [1.29, 1.82) is 0 Å². The summed E-state index contributed by atoms with van der Waals surface area (Å²) in [6.45, 7) is 0.367. The molecule has 1 amide bonds. The summed E-state index contributed by atoms with van der Waals surface area (Å²) in [5, 5.41) is 9.70. The Morgan fingerprint density at radius 1 is 1.16 bits per heavy atom. The summed E-state index contributed by atoms with van der Waals surface area (Å²) < 4.78 is 5.70. The first-order chi connectivity index (χ1) is 12.2. The topological polar surface area (TPSA) is 66.8 Å². The summed E-state index contributed by atoms with van der Waals surface area (Å²) in [5.41, 5.74) is 1.06. The van der Waals surface area contributed by atoms with Crippen LogP contribution in [0.15, 0.2) is 48.5 Å². The van der Waals surface area contributed by atoms with Crippen molar-refractivity contribution in [3.8, 4) is 11.5 Å². The van der Waals surface area contributed by atoms with Crippen molar-refractivity contribution < 1.29 is 19.4 Å². The average molecular weight is 339 g/mol. The van der Waals surface area contributed by atoms with E-state index in [9.17, 15) is 14.7 Å². The van der Waals surface area contributed by atoms with Crippen molar-refractivity contribution >= 4 is 17.9 Å². The van der Waals surface area contributed by atoms with E-state index in [1.165, 1.54) is 6.07 Å². The molecule has 3 rings (SSSR count). The zero-order valence-electron chi connectivity index (χ0n) is 13.9. The molecular weight excluding hydrogens is 318 g/mol. The second kappa shape index (κ2) is 7.83. The SMILES string of the molecule is O=Cc1c(O)cccc1OCC[C@@H]1CCCC(=O)N1c1ccccc1. The molecule has 0 saturated carbocycles. The lowest BCUT2D eigenvalue weighted by Crippen LogP contribution is -2.44. The minimum atomic E-state index is -0.0914. The van der Waals surface area contributed by atoms with Crippen LogP contribution in [-0.4, -0.2) is 29.9 Å². The summed E-state index contributed by atoms with van der Waals surface area (Å²) in [5.74, 6) is 0.406. The van der Waals surface area contributed by atoms with Crippen LogP contribution in [0.3, 0.4) is 0 Å². The highest BCUT2D eigenvalue weighted by molar-refractivity contribution is 5.94. The van der Waals surface area contributed by atoms with Gasteiger partial charge in [0.2, 0.25) is 5.91 Å². The van der Waals surface area contributed by atoms with Gasteiger partial charge in [-0.3, -0.25) is 9.59 Å². The standard InChI is InChI=1S/C20H21NO4/c22-14-17-18(23)9-5-10-19(17)25-13-12-16-8-4-11-20(24)21(16)15-6-2-1-3-7-15/h1-3,5-7,9-10,14,16,23H,4,8,11-13H2/t16-/m0/s1. The molecule has 25 heavy (non-hydrogen) atoms. The summed E-state index contributed by atoms with van der Waals surface area (Å²) in [7, 11) is 0. The van der Waals surface area contributed by atoms with Gasteiger partial charge in [-0.15, -0.1) is 0 Å². The number of amides is 1. The first kappa shape index (κ1) is 17.0. The van der Waals surface area contributed by atoms with E-state index < -0.39 is 0 Å². The number of aromatic hydroxyl groups is 1. The van der Waals surface area contributed by atoms with E-state index in [2.05, 4.69) is 0 Å². The number of nitrogens with zero attached hydrogens (tertiary/aromatic N) is 1. The highest BCUT2D eigenvalue weighted by Crippen LogP contribution is 2.29. The van der Waals surface area contributed by atoms with E-state index >= 15 is 0 Å². The van der Waals surface area contributed by atoms with Crippen molar-refractivity contribution in [3.63, 3.8) is 0 Å². The van der Waals surface area contributed by atoms with Crippen molar-refractivity contribution in [2.75, 3.05) is 11.5 Å². The maximum atomic E-state index is 12.4. The Morgan fingerprint density at radius 3 is 2.72 bits per heavy atom. The third kappa shape index (κ3) is 3.82. The molecule has 1 N–H and O–H groups in total. The fourth-order valence-corrected chi connectivity index (χ4v) is 3.24. The number of aldehydes is 1. The van der Waals surface area contributed by atoms with Gasteiger partial charge in [-0.2, -0.15) is 0 Å². The fraction of sp³-hybridized carbons (Fsp3) is 0.300. The van der Waals surface area contributed by atoms with E-state index in [-0.39, 0.29) is 23.3 Å². The molecule has 0 aromatic heterocycles. The zero-order valence-corrected chi connectivity index (χ0v) is 13.9. The largest absolute Gasteiger partial charge is 0.507 e. The molecule has 5 nitrogen and oxygen atoms in total. The number of hydrogen-bond acceptors (Lipinski definition) is 4. The molecule has 0 aliphatic carbocycles. The first-order valence-electron chi connectivity index (χ1n) is 8.48. The minimum Gasteiger partial charge on any atom is -0.507 e. The van der Waals surface area contributed by atoms with Crippen molar-refractivity contribution in [2.45, 2.75) is 31.7 Å². The average Bonchev–Trinajstić information content (AvgIpc) is 2.63. The Kier molecular flexibility index (Phi) is 5.33. The summed E-state index contributed by atoms with van der Waals surface area (Å²) in [6.07, 6.45) is 3.61. The van der Waals surface area contributed by atoms with Gasteiger partial charge >= 0.3 is 0 Å². The molecule has 1 aliphatic heterocycles. The zero-order chi connectivity index (χ0) is 17.6. The molecule has 1 fully saturated rings. The molecule has 0 bridgehead atoms. The number of carbonyl (C=O) groups excluding carboxylic acids is 2. The van der Waals surface area contributed by atoms with Gasteiger partial charge in [0.1, 0.15) is 11.5 Å². The molecule has 1 heterocycles. The molecule has 0 unspecified atom stereocenters. The molecule has 0 radical (unpaired) electrons. The van der Waals surface area contributed by atoms with Gasteiger partial charge in [0, 0.05) is 24.6 Å². The van der Waals surface area contributed by atoms with Crippen LogP contribution in [0.4, 0.5) is 5.69 Å². The Bertz CT molecular complexity index is 745. The van der Waals surface area contributed by atoms with Gasteiger partial charge in [-0.05, 0) is 37.1 Å². The number of phenolic OH excluding ortho intramolecular Hbond substituents is 1. The lowest BCUT2D eigenvalue weighted by molar-refractivity contribution is -0.120. The Hall–Kier alpha value is -2.82. The van der Waals surface area contributed by atoms with Gasteiger partial charge < -0.3 is 14.7 Å². The predicted molar refractivity (Wildman–Crippen MR) is 95.2 cm³/mol. The van der Waals surface area contributed by atoms with Crippen LogP contribution in [0.1, 0.15) is 36.0 Å². The summed E-state index contributed by atoms with van der Waals surface area (Å²) in [4.78, 5) is 25.3. The third-order valence-corrected chi connectivity index (χ3v) is 4.47. The van der Waals surface area contributed by atoms with Crippen LogP contribution in [-0.2, 0) is 4.79 Å². The molecule has 1 atom stereocenters. The van der Waals surface area contributed by atoms with Crippen LogP contribution < -0.4 is 9.64 Å². The van der Waals surface area contributed by atoms with Crippen molar-refractivity contribution in [1.82, 2.24) is 0 Å². The van der Waals surface area contributed by atoms with Gasteiger partial charge in [0.05, 0.1) is 12.2 Å². The number of anilines is 1. The number of piperidine rings is 1. The molecule has 130 valence electrons.